The molecule has 0 saturated carbocycles. The highest BCUT2D eigenvalue weighted by Gasteiger charge is 2.35. The Labute approximate surface area is 788 Å². The van der Waals surface area contributed by atoms with Gasteiger partial charge >= 0.3 is 17.6 Å². The number of imidazole rings is 1. The molecule has 0 radical (unpaired) electrons. The van der Waals surface area contributed by atoms with Crippen molar-refractivity contribution in [2.24, 2.45) is 0 Å². The molecule has 18 rings (SSSR count). The number of thiophene rings is 1. The van der Waals surface area contributed by atoms with E-state index in [4.69, 9.17) is 36.3 Å². The van der Waals surface area contributed by atoms with Crippen molar-refractivity contribution < 1.29 is 37.7 Å². The van der Waals surface area contributed by atoms with Gasteiger partial charge in [-0.2, -0.15) is 0 Å². The number of hydrogen-bond donors (Lipinski definition) is 2. The molecule has 5 aliphatic rings. The molecule has 2 aromatic heterocycles. The molecule has 7 heterocycles. The molecule has 0 amide bonds. The second-order valence-electron chi connectivity index (χ2n) is 34.7. The van der Waals surface area contributed by atoms with Gasteiger partial charge in [0.15, 0.2) is 5.78 Å². The number of benzene rings is 11. The number of aromatic amines is 1. The van der Waals surface area contributed by atoms with E-state index in [9.17, 15) is 23.6 Å². The number of carbonyl (C=O) groups is 3. The first-order valence-corrected chi connectivity index (χ1v) is 47.6. The highest BCUT2D eigenvalue weighted by Crippen LogP contribution is 2.39. The highest BCUT2D eigenvalue weighted by molar-refractivity contribution is 7.10. The molecule has 5 aliphatic heterocycles. The Balaban J connectivity index is 0.000000135. The zero-order valence-corrected chi connectivity index (χ0v) is 78.8. The first-order chi connectivity index (χ1) is 64.4. The fourth-order valence-electron chi connectivity index (χ4n) is 17.8. The number of hydrogen-bond acceptors (Lipinski definition) is 16. The number of methoxy groups -OCH3 is 1. The molecule has 13 aromatic rings. The maximum absolute atomic E-state index is 13.0. The van der Waals surface area contributed by atoms with E-state index in [1.807, 2.05) is 121 Å². The van der Waals surface area contributed by atoms with Gasteiger partial charge in [0.05, 0.1) is 30.9 Å². The summed E-state index contributed by atoms with van der Waals surface area (Å²) in [5.41, 5.74) is 24.6. The average Bonchev–Trinajstić information content (AvgIpc) is 1.71. The van der Waals surface area contributed by atoms with Crippen LogP contribution in [0.1, 0.15) is 164 Å². The number of piperidine rings is 2. The number of nitrogens with two attached hydrogens (primary N) is 1. The number of rotatable bonds is 25. The van der Waals surface area contributed by atoms with Crippen LogP contribution in [0.15, 0.2) is 320 Å². The van der Waals surface area contributed by atoms with Crippen LogP contribution in [0.25, 0.3) is 16.7 Å². The molecule has 2 fully saturated rings. The summed E-state index contributed by atoms with van der Waals surface area (Å²) < 4.78 is 38.3. The standard InChI is InChI=1S/C22H22FN3O2.C21H25NO2.C19H23NO.C18H23NO.C16H16ClNO2S.C16H18N2/c23-17-9-7-16(8-10-17)21(27)6-3-13-25-14-11-18(12-15-25)26-20-5-2-1-4-19(20)24-22(26)28;1-2-22-15-9-14-19(16-22)24-21(23)20(17-10-5-3-6-11-17)18-12-7-4-8-13-18;1-20-14-12-18(13-15-20)21-19(16-8-4-2-5-9-16)17-10-6-3-7-11-17;1-15-9-7-8-12-17(15)18(20-14-13-19(2)3)16-10-5-4-6-11-16;1-20-16(19)15(12-4-2-3-5-13(12)17)18-8-6-14-11(10-18)7-9-21-14;1-18-10-14(12-6-3-2-4-7-12)13-8-5-9-16(17)15(13)11-18/h1-2,4-5,7-11H,3,6,12-15H2,(H,24,28);3-8,10-13,19-20H,2,9,14-16H2,1H3;2-11,18-19H,12-15H2,1H3;4-12,18H,13-14H2,1-3H3;2-5,7,9,15H,6,8,10H2,1H3;2-9,14H,10-11,17H2,1H3/t;;;;15-;/m....0./s1. The summed E-state index contributed by atoms with van der Waals surface area (Å²) in [6, 6.07) is 99.3. The number of ketones is 1. The summed E-state index contributed by atoms with van der Waals surface area (Å²) in [7, 11) is 9.89. The Kier molecular flexibility index (Phi) is 37.4. The molecule has 3 N–H and O–H groups in total. The molecule has 688 valence electrons. The van der Waals surface area contributed by atoms with Crippen LogP contribution in [-0.2, 0) is 48.0 Å². The number of halogens is 2. The smallest absolute Gasteiger partial charge is 0.330 e. The number of anilines is 1. The summed E-state index contributed by atoms with van der Waals surface area (Å²) in [4.78, 5) is 67.7. The van der Waals surface area contributed by atoms with E-state index >= 15 is 0 Å². The minimum absolute atomic E-state index is 0.00104. The number of fused-ring (bicyclic) bond motifs is 3. The van der Waals surface area contributed by atoms with E-state index < -0.39 is 6.04 Å². The van der Waals surface area contributed by atoms with Crippen molar-refractivity contribution in [2.45, 2.75) is 121 Å². The van der Waals surface area contributed by atoms with Gasteiger partial charge in [0.1, 0.15) is 36.1 Å². The summed E-state index contributed by atoms with van der Waals surface area (Å²) in [6.45, 7) is 17.2. The van der Waals surface area contributed by atoms with Gasteiger partial charge < -0.3 is 44.4 Å². The van der Waals surface area contributed by atoms with Crippen LogP contribution in [-0.4, -0.2) is 183 Å². The van der Waals surface area contributed by atoms with Crippen molar-refractivity contribution in [3.05, 3.63) is 413 Å². The number of para-hydroxylation sites is 2. The molecule has 0 bridgehead atoms. The van der Waals surface area contributed by atoms with Crippen molar-refractivity contribution in [3.8, 4) is 0 Å². The molecule has 17 nitrogen and oxygen atoms in total. The second kappa shape index (κ2) is 50.3. The van der Waals surface area contributed by atoms with E-state index in [1.54, 1.807) is 15.9 Å². The lowest BCUT2D eigenvalue weighted by molar-refractivity contribution is -0.152. The molecule has 0 aliphatic carbocycles. The van der Waals surface area contributed by atoms with Crippen molar-refractivity contribution in [3.63, 3.8) is 0 Å². The number of aryl methyl sites for hydroxylation is 1. The maximum atomic E-state index is 13.0. The average molecular weight is 1810 g/mol. The summed E-state index contributed by atoms with van der Waals surface area (Å²) in [5, 5.41) is 2.71. The van der Waals surface area contributed by atoms with Crippen molar-refractivity contribution >= 4 is 63.1 Å². The van der Waals surface area contributed by atoms with E-state index in [0.717, 1.165) is 176 Å². The molecule has 2 saturated heterocycles. The predicted octanol–water partition coefficient (Wildman–Crippen LogP) is 21.6. The molecule has 0 spiro atoms. The monoisotopic (exact) mass is 1810 g/mol. The van der Waals surface area contributed by atoms with E-state index in [1.165, 1.54) is 86.3 Å². The SMILES string of the molecule is CCN1CCCC(OC(=O)C(c2ccccc2)c2ccccc2)C1.CN1CCC(OC(c2ccccc2)c2ccccc2)CC1.CN1Cc2c(N)cccc2C(c2ccccc2)C1.COC(=O)[C@H](c1ccccc1Cl)N1CCc2sccc2C1.Cc1ccccc1C(OCCN(C)C)c1ccccc1.O=C(CCCN1CC=C(n2c(=O)[nH]c3ccccc32)CC1)c1ccc(F)cc1. The van der Waals surface area contributed by atoms with Crippen LogP contribution in [0.5, 0.6) is 0 Å². The number of nitrogens with one attached hydrogen (secondary N) is 1. The van der Waals surface area contributed by atoms with Gasteiger partial charge in [-0.05, 0) is 220 Å². The van der Waals surface area contributed by atoms with Crippen molar-refractivity contribution in [1.82, 2.24) is 39.0 Å². The fourth-order valence-corrected chi connectivity index (χ4v) is 19.0. The molecule has 4 atom stereocenters. The number of likely N-dealkylation sites (tertiary alicyclic amines) is 2. The maximum Gasteiger partial charge on any atom is 0.330 e. The molecular weight excluding hydrogens is 1690 g/mol. The molecular formula is C112H127ClFN9O8S. The largest absolute Gasteiger partial charge is 0.468 e. The van der Waals surface area contributed by atoms with Crippen molar-refractivity contribution in [2.75, 3.05) is 120 Å². The summed E-state index contributed by atoms with van der Waals surface area (Å²) in [5.74, 6) is -0.620. The number of esters is 2. The summed E-state index contributed by atoms with van der Waals surface area (Å²) in [6.07, 6.45) is 9.73. The number of nitrogen functional groups attached to an aromatic ring is 1. The van der Waals surface area contributed by atoms with Crippen LogP contribution < -0.4 is 11.4 Å². The molecule has 132 heavy (non-hydrogen) atoms. The van der Waals surface area contributed by atoms with Crippen LogP contribution in [0, 0.1) is 12.7 Å². The van der Waals surface area contributed by atoms with Gasteiger partial charge in [-0.1, -0.05) is 273 Å². The van der Waals surface area contributed by atoms with Crippen molar-refractivity contribution in [1.29, 1.82) is 0 Å². The third kappa shape index (κ3) is 27.8. The van der Waals surface area contributed by atoms with Gasteiger partial charge in [0, 0.05) is 111 Å². The first kappa shape index (κ1) is 98.0. The van der Waals surface area contributed by atoms with Crippen LogP contribution in [0.2, 0.25) is 5.02 Å². The lowest BCUT2D eigenvalue weighted by Gasteiger charge is -2.33. The second-order valence-corrected chi connectivity index (χ2v) is 36.1. The zero-order chi connectivity index (χ0) is 92.5. The minimum atomic E-state index is -0.447. The van der Waals surface area contributed by atoms with Crippen LogP contribution >= 0.6 is 22.9 Å². The Morgan fingerprint density at radius 2 is 1.18 bits per heavy atom. The minimum Gasteiger partial charge on any atom is -0.468 e. The Morgan fingerprint density at radius 3 is 1.79 bits per heavy atom. The Morgan fingerprint density at radius 1 is 0.591 bits per heavy atom. The number of Topliss-reactive ketones (excluding diaryl/α,β-unsaturated/α-hetero) is 1. The highest BCUT2D eigenvalue weighted by atomic mass is 35.5. The zero-order valence-electron chi connectivity index (χ0n) is 77.3. The number of H-pyrrole nitrogens is 1. The van der Waals surface area contributed by atoms with Crippen LogP contribution in [0.3, 0.4) is 0 Å². The number of ether oxygens (including phenoxy) is 4. The van der Waals surface area contributed by atoms with Gasteiger partial charge in [-0.3, -0.25) is 28.9 Å². The lowest BCUT2D eigenvalue weighted by atomic mass is 9.84. The van der Waals surface area contributed by atoms with Gasteiger partial charge in [0.2, 0.25) is 0 Å². The predicted molar refractivity (Wildman–Crippen MR) is 534 cm³/mol. The summed E-state index contributed by atoms with van der Waals surface area (Å²) >= 11 is 8.07. The lowest BCUT2D eigenvalue weighted by Crippen LogP contribution is -2.41. The van der Waals surface area contributed by atoms with E-state index in [-0.39, 0.29) is 53.5 Å². The third-order valence-electron chi connectivity index (χ3n) is 25.1. The molecule has 20 heteroatoms. The first-order valence-electron chi connectivity index (χ1n) is 46.3. The normalized spacial score (nSPS) is 16.4. The van der Waals surface area contributed by atoms with E-state index in [0.29, 0.717) is 29.0 Å². The number of likely N-dealkylation sites (N-methyl/N-ethyl adjacent to an activating group) is 3. The molecule has 3 unspecified atom stereocenters. The quantitative estimate of drug-likeness (QED) is 0.0314. The molecule has 11 aromatic carbocycles. The van der Waals surface area contributed by atoms with Gasteiger partial charge in [-0.25, -0.2) is 14.0 Å². The van der Waals surface area contributed by atoms with Gasteiger partial charge in [-0.15, -0.1) is 11.3 Å². The third-order valence-corrected chi connectivity index (χ3v) is 26.4. The Hall–Kier alpha value is -11.6. The van der Waals surface area contributed by atoms with Crippen LogP contribution in [0.4, 0.5) is 10.1 Å². The fraction of sp³-hybridized carbons (Fsp3) is 0.321. The van der Waals surface area contributed by atoms with Gasteiger partial charge in [0.25, 0.3) is 0 Å². The number of aromatic nitrogens is 2. The number of carbonyl (C=O) groups excluding carboxylic acids is 3. The number of nitrogens with zero attached hydrogens (tertiary/aromatic N) is 7. The Bertz CT molecular complexity index is 5730. The van der Waals surface area contributed by atoms with E-state index in [2.05, 4.69) is 246 Å². The topological polar surface area (TPSA) is 171 Å².